The van der Waals surface area contributed by atoms with Crippen molar-refractivity contribution in [3.05, 3.63) is 0 Å². The highest BCUT2D eigenvalue weighted by molar-refractivity contribution is 5.77. The van der Waals surface area contributed by atoms with Gasteiger partial charge in [0.15, 0.2) is 0 Å². The van der Waals surface area contributed by atoms with E-state index in [0.29, 0.717) is 0 Å². The molecule has 0 spiro atoms. The second kappa shape index (κ2) is 2.82. The highest BCUT2D eigenvalue weighted by Crippen LogP contribution is 1.97. The molecule has 0 N–H and O–H groups in total. The molecule has 0 rings (SSSR count). The van der Waals surface area contributed by atoms with E-state index in [1.54, 1.807) is 6.92 Å². The highest BCUT2D eigenvalue weighted by atomic mass is 16.5. The third-order valence-electron chi connectivity index (χ3n) is 0.767. The Labute approximate surface area is 54.6 Å². The number of hydrogen-bond acceptors (Lipinski definition) is 3. The van der Waals surface area contributed by atoms with E-state index in [-0.39, 0.29) is 6.61 Å². The second-order valence-corrected chi connectivity index (χ2v) is 2.23. The maximum absolute atomic E-state index is 10.7. The predicted molar refractivity (Wildman–Crippen MR) is 30.7 cm³/mol. The zero-order valence-electron chi connectivity index (χ0n) is 5.93. The lowest BCUT2D eigenvalue weighted by molar-refractivity contribution is -0.450. The van der Waals surface area contributed by atoms with Crippen LogP contribution in [0, 0.1) is 0 Å². The average molecular weight is 131 g/mol. The van der Waals surface area contributed by atoms with Crippen molar-refractivity contribution in [2.45, 2.75) is 26.4 Å². The number of carbonyl (C=O) groups is 1. The summed E-state index contributed by atoms with van der Waals surface area (Å²) in [5.74, 6) is -0.690. The van der Waals surface area contributed by atoms with Gasteiger partial charge in [-0.05, 0) is 12.5 Å². The summed E-state index contributed by atoms with van der Waals surface area (Å²) in [6.45, 7) is 4.50. The van der Waals surface area contributed by atoms with Crippen LogP contribution in [0.2, 0.25) is 0 Å². The Morgan fingerprint density at radius 1 is 1.67 bits per heavy atom. The summed E-state index contributed by atoms with van der Waals surface area (Å²) in [4.78, 5) is 10.5. The lowest BCUT2D eigenvalue weighted by Gasteiger charge is -2.27. The largest absolute Gasteiger partial charge is 0.842 e. The average Bonchev–Trinajstić information content (AvgIpc) is 1.64. The summed E-state index contributed by atoms with van der Waals surface area (Å²) in [6.07, 6.45) is 0. The molecule has 0 bridgehead atoms. The van der Waals surface area contributed by atoms with Gasteiger partial charge in [0, 0.05) is 0 Å². The first-order valence-corrected chi connectivity index (χ1v) is 2.86. The lowest BCUT2D eigenvalue weighted by Crippen LogP contribution is -2.46. The quantitative estimate of drug-likeness (QED) is 0.483. The van der Waals surface area contributed by atoms with Gasteiger partial charge in [0.2, 0.25) is 0 Å². The number of carbonyl (C=O) groups excluding carboxylic acids is 1. The van der Waals surface area contributed by atoms with E-state index in [1.165, 1.54) is 13.8 Å². The van der Waals surface area contributed by atoms with E-state index in [0.717, 1.165) is 0 Å². The molecule has 0 radical (unpaired) electrons. The fourth-order valence-corrected chi connectivity index (χ4v) is 0.305. The minimum atomic E-state index is -1.60. The monoisotopic (exact) mass is 131 g/mol. The van der Waals surface area contributed by atoms with E-state index in [9.17, 15) is 9.90 Å². The molecule has 0 saturated carbocycles. The van der Waals surface area contributed by atoms with Crippen molar-refractivity contribution in [2.24, 2.45) is 0 Å². The topological polar surface area (TPSA) is 49.4 Å². The molecule has 3 heteroatoms. The first-order valence-electron chi connectivity index (χ1n) is 2.86. The summed E-state index contributed by atoms with van der Waals surface area (Å²) in [6, 6.07) is 0. The number of ether oxygens (including phenoxy) is 1. The maximum Gasteiger partial charge on any atom is 0.294 e. The minimum absolute atomic E-state index is 0.268. The van der Waals surface area contributed by atoms with Crippen molar-refractivity contribution in [1.29, 1.82) is 0 Å². The van der Waals surface area contributed by atoms with Crippen LogP contribution < -0.4 is 5.11 Å². The molecule has 0 aromatic heterocycles. The minimum Gasteiger partial charge on any atom is -0.842 e. The van der Waals surface area contributed by atoms with Crippen molar-refractivity contribution in [3.63, 3.8) is 0 Å². The van der Waals surface area contributed by atoms with Crippen LogP contribution in [0.4, 0.5) is 0 Å². The Bertz CT molecular complexity index is 101. The van der Waals surface area contributed by atoms with Crippen LogP contribution in [0.15, 0.2) is 0 Å². The number of esters is 1. The Balaban J connectivity index is 3.74. The molecule has 0 unspecified atom stereocenters. The molecule has 0 aliphatic heterocycles. The molecule has 0 atom stereocenters. The van der Waals surface area contributed by atoms with Crippen molar-refractivity contribution in [3.8, 4) is 0 Å². The Hall–Kier alpha value is -0.570. The van der Waals surface area contributed by atoms with E-state index in [4.69, 9.17) is 0 Å². The summed E-state index contributed by atoms with van der Waals surface area (Å²) in [5.41, 5.74) is -1.60. The van der Waals surface area contributed by atoms with E-state index in [1.807, 2.05) is 0 Å². The first kappa shape index (κ1) is 8.43. The second-order valence-electron chi connectivity index (χ2n) is 2.23. The molecule has 0 aromatic carbocycles. The third-order valence-corrected chi connectivity index (χ3v) is 0.767. The molecule has 0 fully saturated rings. The van der Waals surface area contributed by atoms with Gasteiger partial charge in [0.25, 0.3) is 5.97 Å². The SMILES string of the molecule is CCOC(=O)C(C)(C)[O-]. The van der Waals surface area contributed by atoms with Gasteiger partial charge in [-0.15, -0.1) is 0 Å². The van der Waals surface area contributed by atoms with Gasteiger partial charge in [-0.1, -0.05) is 13.8 Å². The van der Waals surface area contributed by atoms with Crippen LogP contribution in [0.3, 0.4) is 0 Å². The molecule has 3 nitrogen and oxygen atoms in total. The number of rotatable bonds is 2. The molecule has 54 valence electrons. The first-order chi connectivity index (χ1) is 3.98. The molecule has 0 saturated heterocycles. The van der Waals surface area contributed by atoms with Gasteiger partial charge < -0.3 is 9.84 Å². The van der Waals surface area contributed by atoms with Gasteiger partial charge in [-0.25, -0.2) is 0 Å². The molecule has 9 heavy (non-hydrogen) atoms. The molecule has 0 heterocycles. The summed E-state index contributed by atoms with van der Waals surface area (Å²) in [7, 11) is 0. The van der Waals surface area contributed by atoms with Crippen molar-refractivity contribution in [2.75, 3.05) is 6.61 Å². The van der Waals surface area contributed by atoms with Gasteiger partial charge >= 0.3 is 0 Å². The highest BCUT2D eigenvalue weighted by Gasteiger charge is 2.13. The van der Waals surface area contributed by atoms with Gasteiger partial charge in [0.05, 0.1) is 6.61 Å². The Kier molecular flexibility index (Phi) is 2.65. The standard InChI is InChI=1S/C6H11O3/c1-4-9-5(7)6(2,3)8/h4H2,1-3H3/q-1. The van der Waals surface area contributed by atoms with Crippen molar-refractivity contribution < 1.29 is 14.6 Å². The van der Waals surface area contributed by atoms with Crippen molar-refractivity contribution in [1.82, 2.24) is 0 Å². The van der Waals surface area contributed by atoms with Crippen LogP contribution >= 0.6 is 0 Å². The van der Waals surface area contributed by atoms with E-state index in [2.05, 4.69) is 4.74 Å². The Morgan fingerprint density at radius 3 is 2.22 bits per heavy atom. The normalized spacial score (nSPS) is 11.1. The molecule has 0 aromatic rings. The van der Waals surface area contributed by atoms with Gasteiger partial charge in [-0.2, -0.15) is 0 Å². The van der Waals surface area contributed by atoms with Gasteiger partial charge in [0.1, 0.15) is 0 Å². The van der Waals surface area contributed by atoms with E-state index < -0.39 is 11.6 Å². The molecule has 0 aliphatic rings. The van der Waals surface area contributed by atoms with Crippen LogP contribution in [-0.2, 0) is 9.53 Å². The molecular weight excluding hydrogens is 120 g/mol. The van der Waals surface area contributed by atoms with Crippen LogP contribution in [-0.4, -0.2) is 18.2 Å². The fourth-order valence-electron chi connectivity index (χ4n) is 0.305. The zero-order valence-corrected chi connectivity index (χ0v) is 5.93. The van der Waals surface area contributed by atoms with Crippen LogP contribution in [0.5, 0.6) is 0 Å². The summed E-state index contributed by atoms with van der Waals surface area (Å²) in [5, 5.41) is 10.7. The van der Waals surface area contributed by atoms with E-state index >= 15 is 0 Å². The Morgan fingerprint density at radius 2 is 2.11 bits per heavy atom. The van der Waals surface area contributed by atoms with Crippen LogP contribution in [0.25, 0.3) is 0 Å². The molecular formula is C6H11O3-. The lowest BCUT2D eigenvalue weighted by atomic mass is 10.1. The number of hydrogen-bond donors (Lipinski definition) is 0. The third kappa shape index (κ3) is 3.08. The maximum atomic E-state index is 10.7. The summed E-state index contributed by atoms with van der Waals surface area (Å²) >= 11 is 0. The van der Waals surface area contributed by atoms with Crippen LogP contribution in [0.1, 0.15) is 20.8 Å². The smallest absolute Gasteiger partial charge is 0.294 e. The molecule has 0 amide bonds. The predicted octanol–water partition coefficient (Wildman–Crippen LogP) is -0.312. The zero-order chi connectivity index (χ0) is 7.49. The summed E-state index contributed by atoms with van der Waals surface area (Å²) < 4.78 is 4.45. The van der Waals surface area contributed by atoms with Gasteiger partial charge in [-0.3, -0.25) is 4.79 Å². The fraction of sp³-hybridized carbons (Fsp3) is 0.833. The molecule has 0 aliphatic carbocycles. The van der Waals surface area contributed by atoms with Crippen molar-refractivity contribution >= 4 is 5.97 Å².